The van der Waals surface area contributed by atoms with Crippen LogP contribution < -0.4 is 5.19 Å². The standard InChI is InChI=1S/C32H27NO3SSi/c1-24-22-25(2)34-38(28-18-10-5-11-19-28,33(24)29-20-12-13-21-32(29)37-38)35-30(26-14-6-3-7-15-26)23-31(36-38)27-16-8-4-9-17-27/h3-23H,1-2H3. The van der Waals surface area contributed by atoms with Crippen LogP contribution in [-0.4, -0.2) is 22.4 Å². The second kappa shape index (κ2) is 7.69. The second-order valence-corrected chi connectivity index (χ2v) is 18.3. The first-order valence-electron chi connectivity index (χ1n) is 12.8. The second-order valence-electron chi connectivity index (χ2n) is 9.96. The molecule has 7 rings (SSSR count). The van der Waals surface area contributed by atoms with Gasteiger partial charge in [-0.25, -0.2) is 0 Å². The van der Waals surface area contributed by atoms with E-state index in [1.807, 2.05) is 67.6 Å². The van der Waals surface area contributed by atoms with Crippen LogP contribution in [-0.2, 0) is 8.85 Å². The number of fused-ring (bicyclic) bond motifs is 2. The monoisotopic (exact) mass is 533 g/mol. The van der Waals surface area contributed by atoms with Crippen molar-refractivity contribution in [1.29, 1.82) is 0 Å². The van der Waals surface area contributed by atoms with E-state index in [1.165, 1.54) is 0 Å². The number of hydrogen-bond donors (Lipinski definition) is 0. The minimum absolute atomic E-state index is 0.705. The van der Waals surface area contributed by atoms with Crippen molar-refractivity contribution in [3.05, 3.63) is 144 Å². The molecule has 3 heterocycles. The molecule has 4 aromatic carbocycles. The molecule has 4 nitrogen and oxygen atoms in total. The molecule has 3 aliphatic rings. The molecule has 0 aliphatic carbocycles. The molecule has 0 aromatic heterocycles. The van der Waals surface area contributed by atoms with E-state index in [1.54, 1.807) is 11.2 Å². The topological polar surface area (TPSA) is 32.8 Å². The van der Waals surface area contributed by atoms with Gasteiger partial charge in [0.25, 0.3) is 0 Å². The average Bonchev–Trinajstić information content (AvgIpc) is 3.22. The summed E-state index contributed by atoms with van der Waals surface area (Å²) >= 11 is 1.59. The van der Waals surface area contributed by atoms with Gasteiger partial charge in [-0.2, -0.15) is 0 Å². The molecule has 188 valence electrons. The number of para-hydroxylation sites is 1. The van der Waals surface area contributed by atoms with Crippen LogP contribution in [0.5, 0.6) is 0 Å². The van der Waals surface area contributed by atoms with E-state index in [0.29, 0.717) is 11.5 Å². The van der Waals surface area contributed by atoms with Gasteiger partial charge in [0.1, 0.15) is 0 Å². The molecule has 0 amide bonds. The number of allylic oxidation sites excluding steroid dienone is 3. The minimum atomic E-state index is -5.57. The van der Waals surface area contributed by atoms with Gasteiger partial charge in [-0.3, -0.25) is 0 Å². The van der Waals surface area contributed by atoms with E-state index in [-0.39, 0.29) is 0 Å². The van der Waals surface area contributed by atoms with Crippen molar-refractivity contribution < 1.29 is 17.2 Å². The molecule has 6 heteroatoms. The summed E-state index contributed by atoms with van der Waals surface area (Å²) in [6.45, 7) is -1.48. The fraction of sp³-hybridized carbons (Fsp3) is 0.0625. The summed E-state index contributed by atoms with van der Waals surface area (Å²) in [5, 5.41) is 0.866. The maximum absolute atomic E-state index is 7.54. The Bertz CT molecular complexity index is 1750. The molecular weight excluding hydrogens is 507 g/mol. The van der Waals surface area contributed by atoms with Gasteiger partial charge in [0, 0.05) is 0 Å². The summed E-state index contributed by atoms with van der Waals surface area (Å²) < 4.78 is 24.6. The molecule has 0 atom stereocenters. The van der Waals surface area contributed by atoms with Gasteiger partial charge in [-0.15, -0.1) is 0 Å². The number of ketones is 1. The summed E-state index contributed by atoms with van der Waals surface area (Å²) in [4.78, 5) is 1.05. The Morgan fingerprint density at radius 1 is 0.658 bits per heavy atom. The summed E-state index contributed by atoms with van der Waals surface area (Å²) in [6.07, 6.45) is 4.06. The van der Waals surface area contributed by atoms with Crippen molar-refractivity contribution in [2.24, 2.45) is 0 Å². The van der Waals surface area contributed by atoms with E-state index in [9.17, 15) is 0 Å². The first kappa shape index (κ1) is 23.0. The Hall–Kier alpha value is -4.13. The van der Waals surface area contributed by atoms with E-state index in [0.717, 1.165) is 38.4 Å². The Balaban J connectivity index is 1.70. The zero-order valence-electron chi connectivity index (χ0n) is 21.2. The van der Waals surface area contributed by atoms with Crippen molar-refractivity contribution in [2.75, 3.05) is 0 Å². The van der Waals surface area contributed by atoms with Crippen molar-refractivity contribution in [2.45, 2.75) is 18.7 Å². The third-order valence-corrected chi connectivity index (χ3v) is 17.7. The third kappa shape index (κ3) is 2.87. The van der Waals surface area contributed by atoms with Crippen molar-refractivity contribution >= 4 is 46.0 Å². The van der Waals surface area contributed by atoms with E-state index in [2.05, 4.69) is 77.9 Å². The van der Waals surface area contributed by atoms with E-state index < -0.39 is 6.67 Å². The van der Waals surface area contributed by atoms with Crippen molar-refractivity contribution in [3.63, 3.8) is 0 Å². The van der Waals surface area contributed by atoms with Crippen LogP contribution in [0.3, 0.4) is 0 Å². The summed E-state index contributed by atoms with van der Waals surface area (Å²) in [7, 11) is 0. The summed E-state index contributed by atoms with van der Waals surface area (Å²) in [6, 6.07) is 39.0. The number of nitrogens with zero attached hydrogens (tertiary/aromatic N) is 1. The molecule has 0 fully saturated rings. The van der Waals surface area contributed by atoms with Crippen LogP contribution in [0.25, 0.3) is 5.76 Å². The maximum atomic E-state index is 7.54. The zero-order valence-corrected chi connectivity index (χ0v) is 23.0. The van der Waals surface area contributed by atoms with Crippen LogP contribution in [0.4, 0.5) is 5.69 Å². The zero-order chi connectivity index (χ0) is 25.9. The molecule has 0 bridgehead atoms. The molecule has 1 spiro atoms. The number of benzene rings is 4. The molecule has 3 aliphatic heterocycles. The molecule has 0 saturated carbocycles. The number of hydrogen-bond acceptors (Lipinski definition) is 3. The predicted molar refractivity (Wildman–Crippen MR) is 156 cm³/mol. The normalized spacial score (nSPS) is 21.6. The van der Waals surface area contributed by atoms with Gasteiger partial charge in [0.05, 0.1) is 0 Å². The van der Waals surface area contributed by atoms with Crippen LogP contribution in [0.1, 0.15) is 29.1 Å². The SMILES string of the molecule is CC1=CC(C)=[N+]2c3ccccc3S[Si-2]23(c2ccccc2)(O1)OC(c1ccccc1)=CC(c1ccccc1)=[O+]3. The van der Waals surface area contributed by atoms with Crippen LogP contribution >= 0.6 is 11.2 Å². The predicted octanol–water partition coefficient (Wildman–Crippen LogP) is 7.07. The molecule has 4 aromatic rings. The van der Waals surface area contributed by atoms with Gasteiger partial charge < -0.3 is 0 Å². The van der Waals surface area contributed by atoms with E-state index in [4.69, 9.17) is 13.0 Å². The quantitative estimate of drug-likeness (QED) is 0.209. The van der Waals surface area contributed by atoms with Crippen LogP contribution in [0, 0.1) is 0 Å². The molecule has 0 N–H and O–H groups in total. The van der Waals surface area contributed by atoms with E-state index >= 15 is 0 Å². The number of rotatable bonds is 3. The molecule has 0 radical (unpaired) electrons. The Morgan fingerprint density at radius 2 is 1.26 bits per heavy atom. The fourth-order valence-corrected chi connectivity index (χ4v) is 17.9. The van der Waals surface area contributed by atoms with Gasteiger partial charge in [-0.05, 0) is 0 Å². The fourth-order valence-electron chi connectivity index (χ4n) is 6.13. The third-order valence-electron chi connectivity index (χ3n) is 7.48. The van der Waals surface area contributed by atoms with Crippen molar-refractivity contribution in [3.8, 4) is 0 Å². The first-order chi connectivity index (χ1) is 18.5. The molecular formula is C32H27NO3SSi. The first-order valence-corrected chi connectivity index (χ1v) is 17.0. The van der Waals surface area contributed by atoms with Gasteiger partial charge in [0.15, 0.2) is 0 Å². The van der Waals surface area contributed by atoms with Crippen molar-refractivity contribution in [1.82, 2.24) is 0 Å². The Labute approximate surface area is 225 Å². The summed E-state index contributed by atoms with van der Waals surface area (Å²) in [5.74, 6) is 2.16. The Morgan fingerprint density at radius 3 is 1.97 bits per heavy atom. The molecule has 38 heavy (non-hydrogen) atoms. The Kier molecular flexibility index (Phi) is 4.66. The van der Waals surface area contributed by atoms with Gasteiger partial charge in [-0.1, -0.05) is 0 Å². The van der Waals surface area contributed by atoms with Crippen LogP contribution in [0.15, 0.2) is 138 Å². The summed E-state index contributed by atoms with van der Waals surface area (Å²) in [5.41, 5.74) is 3.92. The van der Waals surface area contributed by atoms with Gasteiger partial charge in [0.2, 0.25) is 0 Å². The molecule has 0 unspecified atom stereocenters. The van der Waals surface area contributed by atoms with Gasteiger partial charge >= 0.3 is 226 Å². The number of carbonyl (C=O) groups excluding carboxylic acids is 1. The van der Waals surface area contributed by atoms with Crippen LogP contribution in [0.2, 0.25) is 0 Å². The average molecular weight is 534 g/mol. The molecule has 0 saturated heterocycles.